The van der Waals surface area contributed by atoms with Gasteiger partial charge in [-0.15, -0.1) is 0 Å². The Morgan fingerprint density at radius 3 is 2.38 bits per heavy atom. The Kier molecular flexibility index (Phi) is 2.72. The minimum absolute atomic E-state index is 0.0349. The maximum Gasteiger partial charge on any atom is 0.101 e. The molecule has 68 valence electrons. The summed E-state index contributed by atoms with van der Waals surface area (Å²) in [5.74, 6) is 0. The van der Waals surface area contributed by atoms with E-state index in [-0.39, 0.29) is 5.41 Å². The van der Waals surface area contributed by atoms with Crippen LogP contribution in [0.25, 0.3) is 0 Å². The van der Waals surface area contributed by atoms with Gasteiger partial charge in [-0.25, -0.2) is 0 Å². The second-order valence-corrected chi connectivity index (χ2v) is 4.76. The van der Waals surface area contributed by atoms with Crippen LogP contribution in [-0.2, 0) is 5.41 Å². The SMILES string of the molecule is CC(C)(C)c1c(Br)cncc1C#N. The predicted octanol–water partition coefficient (Wildman–Crippen LogP) is 3.01. The van der Waals surface area contributed by atoms with Crippen LogP contribution in [0.2, 0.25) is 0 Å². The Morgan fingerprint density at radius 1 is 1.38 bits per heavy atom. The van der Waals surface area contributed by atoms with Gasteiger partial charge in [0.15, 0.2) is 0 Å². The van der Waals surface area contributed by atoms with Crippen LogP contribution in [0.5, 0.6) is 0 Å². The molecule has 0 fully saturated rings. The van der Waals surface area contributed by atoms with Crippen LogP contribution in [0.4, 0.5) is 0 Å². The summed E-state index contributed by atoms with van der Waals surface area (Å²) < 4.78 is 0.902. The van der Waals surface area contributed by atoms with Gasteiger partial charge in [0.05, 0.1) is 5.56 Å². The minimum atomic E-state index is -0.0349. The number of nitriles is 1. The lowest BCUT2D eigenvalue weighted by atomic mass is 9.85. The van der Waals surface area contributed by atoms with E-state index in [1.807, 2.05) is 0 Å². The van der Waals surface area contributed by atoms with Crippen LogP contribution in [-0.4, -0.2) is 4.98 Å². The van der Waals surface area contributed by atoms with Gasteiger partial charge in [0.1, 0.15) is 6.07 Å². The number of hydrogen-bond acceptors (Lipinski definition) is 2. The lowest BCUT2D eigenvalue weighted by molar-refractivity contribution is 0.584. The van der Waals surface area contributed by atoms with E-state index in [1.54, 1.807) is 12.4 Å². The zero-order valence-electron chi connectivity index (χ0n) is 7.93. The fourth-order valence-corrected chi connectivity index (χ4v) is 2.21. The summed E-state index contributed by atoms with van der Waals surface area (Å²) >= 11 is 3.41. The highest BCUT2D eigenvalue weighted by Crippen LogP contribution is 2.31. The Labute approximate surface area is 86.7 Å². The number of pyridine rings is 1. The van der Waals surface area contributed by atoms with Crippen molar-refractivity contribution in [3.8, 4) is 6.07 Å². The summed E-state index contributed by atoms with van der Waals surface area (Å²) in [5.41, 5.74) is 1.62. The number of nitrogens with zero attached hydrogens (tertiary/aromatic N) is 2. The molecule has 1 aromatic rings. The molecule has 1 heterocycles. The van der Waals surface area contributed by atoms with Gasteiger partial charge in [0.25, 0.3) is 0 Å². The van der Waals surface area contributed by atoms with E-state index in [0.29, 0.717) is 5.56 Å². The second-order valence-electron chi connectivity index (χ2n) is 3.91. The molecule has 0 unspecified atom stereocenters. The Hall–Kier alpha value is -0.880. The molecule has 13 heavy (non-hydrogen) atoms. The molecule has 0 radical (unpaired) electrons. The minimum Gasteiger partial charge on any atom is -0.262 e. The zero-order chi connectivity index (χ0) is 10.1. The highest BCUT2D eigenvalue weighted by atomic mass is 79.9. The standard InChI is InChI=1S/C10H11BrN2/c1-10(2,3)9-7(4-12)5-13-6-8(9)11/h5-6H,1-3H3. The van der Waals surface area contributed by atoms with Gasteiger partial charge in [0.2, 0.25) is 0 Å². The Bertz CT molecular complexity index is 358. The first kappa shape index (κ1) is 10.2. The van der Waals surface area contributed by atoms with Gasteiger partial charge in [-0.1, -0.05) is 20.8 Å². The van der Waals surface area contributed by atoms with Crippen molar-refractivity contribution in [3.05, 3.63) is 28.0 Å². The Balaban J connectivity index is 3.43. The first-order valence-electron chi connectivity index (χ1n) is 4.01. The summed E-state index contributed by atoms with van der Waals surface area (Å²) in [7, 11) is 0. The van der Waals surface area contributed by atoms with Crippen LogP contribution in [0, 0.1) is 11.3 Å². The molecule has 3 heteroatoms. The third-order valence-electron chi connectivity index (χ3n) is 1.77. The third-order valence-corrected chi connectivity index (χ3v) is 2.37. The molecule has 0 atom stereocenters. The van der Waals surface area contributed by atoms with Crippen molar-refractivity contribution in [2.45, 2.75) is 26.2 Å². The third kappa shape index (κ3) is 2.07. The van der Waals surface area contributed by atoms with Crippen molar-refractivity contribution in [1.29, 1.82) is 5.26 Å². The van der Waals surface area contributed by atoms with E-state index in [2.05, 4.69) is 47.8 Å². The van der Waals surface area contributed by atoms with Crippen molar-refractivity contribution < 1.29 is 0 Å². The quantitative estimate of drug-likeness (QED) is 0.697. The average molecular weight is 239 g/mol. The van der Waals surface area contributed by atoms with E-state index >= 15 is 0 Å². The molecule has 2 nitrogen and oxygen atoms in total. The number of halogens is 1. The fourth-order valence-electron chi connectivity index (χ4n) is 1.28. The molecular formula is C10H11BrN2. The first-order valence-corrected chi connectivity index (χ1v) is 4.80. The molecule has 0 spiro atoms. The van der Waals surface area contributed by atoms with Gasteiger partial charge in [-0.05, 0) is 26.9 Å². The molecular weight excluding hydrogens is 228 g/mol. The highest BCUT2D eigenvalue weighted by Gasteiger charge is 2.21. The fraction of sp³-hybridized carbons (Fsp3) is 0.400. The molecule has 0 amide bonds. The van der Waals surface area contributed by atoms with Crippen LogP contribution in [0.15, 0.2) is 16.9 Å². The number of rotatable bonds is 0. The highest BCUT2D eigenvalue weighted by molar-refractivity contribution is 9.10. The van der Waals surface area contributed by atoms with Crippen molar-refractivity contribution in [2.75, 3.05) is 0 Å². The molecule has 1 rings (SSSR count). The van der Waals surface area contributed by atoms with E-state index < -0.39 is 0 Å². The van der Waals surface area contributed by atoms with Crippen LogP contribution >= 0.6 is 15.9 Å². The van der Waals surface area contributed by atoms with Crippen molar-refractivity contribution in [3.63, 3.8) is 0 Å². The lowest BCUT2D eigenvalue weighted by Crippen LogP contribution is -2.14. The molecule has 0 bridgehead atoms. The van der Waals surface area contributed by atoms with Crippen molar-refractivity contribution in [2.24, 2.45) is 0 Å². The van der Waals surface area contributed by atoms with Gasteiger partial charge in [0, 0.05) is 16.9 Å². The van der Waals surface area contributed by atoms with E-state index in [4.69, 9.17) is 5.26 Å². The van der Waals surface area contributed by atoms with E-state index in [0.717, 1.165) is 10.0 Å². The average Bonchev–Trinajstić information content (AvgIpc) is 2.01. The smallest absolute Gasteiger partial charge is 0.101 e. The van der Waals surface area contributed by atoms with Gasteiger partial charge in [-0.2, -0.15) is 5.26 Å². The normalized spacial score (nSPS) is 11.0. The molecule has 0 aliphatic rings. The molecule has 0 N–H and O–H groups in total. The predicted molar refractivity (Wildman–Crippen MR) is 55.4 cm³/mol. The van der Waals surface area contributed by atoms with Crippen LogP contribution in [0.3, 0.4) is 0 Å². The largest absolute Gasteiger partial charge is 0.262 e. The number of hydrogen-bond donors (Lipinski definition) is 0. The van der Waals surface area contributed by atoms with Crippen LogP contribution < -0.4 is 0 Å². The molecule has 1 aromatic heterocycles. The van der Waals surface area contributed by atoms with E-state index in [1.165, 1.54) is 0 Å². The number of aromatic nitrogens is 1. The molecule has 0 saturated heterocycles. The second kappa shape index (κ2) is 3.47. The molecule has 0 aliphatic heterocycles. The van der Waals surface area contributed by atoms with Gasteiger partial charge >= 0.3 is 0 Å². The van der Waals surface area contributed by atoms with Crippen molar-refractivity contribution in [1.82, 2.24) is 4.98 Å². The molecule has 0 aliphatic carbocycles. The zero-order valence-corrected chi connectivity index (χ0v) is 9.51. The topological polar surface area (TPSA) is 36.7 Å². The van der Waals surface area contributed by atoms with Crippen LogP contribution in [0.1, 0.15) is 31.9 Å². The molecule has 0 aromatic carbocycles. The first-order chi connectivity index (χ1) is 5.96. The van der Waals surface area contributed by atoms with Gasteiger partial charge in [-0.3, -0.25) is 4.98 Å². The summed E-state index contributed by atoms with van der Waals surface area (Å²) in [5, 5.41) is 8.90. The summed E-state index contributed by atoms with van der Waals surface area (Å²) in [4.78, 5) is 3.96. The summed E-state index contributed by atoms with van der Waals surface area (Å²) in [6, 6.07) is 2.15. The lowest BCUT2D eigenvalue weighted by Gasteiger charge is -2.21. The monoisotopic (exact) mass is 238 g/mol. The summed E-state index contributed by atoms with van der Waals surface area (Å²) in [6.07, 6.45) is 3.33. The summed E-state index contributed by atoms with van der Waals surface area (Å²) in [6.45, 7) is 6.23. The molecule has 0 saturated carbocycles. The van der Waals surface area contributed by atoms with Crippen molar-refractivity contribution >= 4 is 15.9 Å². The Morgan fingerprint density at radius 2 is 2.00 bits per heavy atom. The maximum absolute atomic E-state index is 8.90. The van der Waals surface area contributed by atoms with E-state index in [9.17, 15) is 0 Å². The van der Waals surface area contributed by atoms with Gasteiger partial charge < -0.3 is 0 Å². The maximum atomic E-state index is 8.90.